The molecule has 0 radical (unpaired) electrons. The maximum Gasteiger partial charge on any atom is 0.419 e. The van der Waals surface area contributed by atoms with Crippen molar-refractivity contribution in [2.75, 3.05) is 31.1 Å². The normalized spacial score (nSPS) is 15.0. The van der Waals surface area contributed by atoms with E-state index < -0.39 is 11.7 Å². The first-order chi connectivity index (χ1) is 13.8. The van der Waals surface area contributed by atoms with Gasteiger partial charge in [-0.2, -0.15) is 13.2 Å². The Hall–Kier alpha value is -3.36. The monoisotopic (exact) mass is 404 g/mol. The second-order valence-corrected chi connectivity index (χ2v) is 6.71. The topological polar surface area (TPSA) is 67.9 Å². The van der Waals surface area contributed by atoms with E-state index in [0.29, 0.717) is 43.0 Å². The van der Waals surface area contributed by atoms with E-state index in [1.807, 2.05) is 4.90 Å². The van der Waals surface area contributed by atoms with Gasteiger partial charge in [-0.25, -0.2) is 4.98 Å². The van der Waals surface area contributed by atoms with Crippen LogP contribution in [0.15, 0.2) is 57.9 Å². The molecule has 0 saturated carbocycles. The highest BCUT2D eigenvalue weighted by Crippen LogP contribution is 2.28. The zero-order valence-corrected chi connectivity index (χ0v) is 15.2. The van der Waals surface area contributed by atoms with Gasteiger partial charge in [0.15, 0.2) is 11.2 Å². The van der Waals surface area contributed by atoms with E-state index >= 15 is 0 Å². The van der Waals surface area contributed by atoms with Crippen LogP contribution in [-0.2, 0) is 6.18 Å². The lowest BCUT2D eigenvalue weighted by Crippen LogP contribution is -2.50. The molecule has 3 heterocycles. The zero-order chi connectivity index (χ0) is 20.6. The first-order valence-electron chi connectivity index (χ1n) is 8.99. The fraction of sp³-hybridized carbons (Fsp3) is 0.250. The van der Waals surface area contributed by atoms with Crippen molar-refractivity contribution < 1.29 is 27.4 Å². The maximum atomic E-state index is 12.7. The average Bonchev–Trinajstić information content (AvgIpc) is 2.73. The third-order valence-corrected chi connectivity index (χ3v) is 4.88. The Bertz CT molecular complexity index is 1100. The molecule has 0 atom stereocenters. The van der Waals surface area contributed by atoms with Crippen molar-refractivity contribution in [3.05, 3.63) is 70.2 Å². The molecule has 1 amide bonds. The number of aromatic nitrogens is 1. The number of aromatic amines is 1. The summed E-state index contributed by atoms with van der Waals surface area (Å²) in [4.78, 5) is 31.0. The average molecular weight is 404 g/mol. The molecule has 3 aromatic rings. The summed E-state index contributed by atoms with van der Waals surface area (Å²) in [6, 6.07) is 10.3. The van der Waals surface area contributed by atoms with Gasteiger partial charge in [0.05, 0.1) is 24.0 Å². The number of halogens is 3. The highest BCUT2D eigenvalue weighted by molar-refractivity contribution is 5.93. The first kappa shape index (κ1) is 19.0. The number of fused-ring (bicyclic) bond motifs is 1. The number of amides is 1. The van der Waals surface area contributed by atoms with Crippen molar-refractivity contribution >= 4 is 22.7 Å². The van der Waals surface area contributed by atoms with Crippen molar-refractivity contribution in [2.45, 2.75) is 6.18 Å². The van der Waals surface area contributed by atoms with Crippen molar-refractivity contribution in [1.29, 1.82) is 0 Å². The SMILES string of the molecule is O=C(c1cc(=O)c2ccccc2o1)N1CCN(c2ccc(C(F)(F)F)c[nH+]2)CC1. The summed E-state index contributed by atoms with van der Waals surface area (Å²) in [5.41, 5.74) is -0.684. The lowest BCUT2D eigenvalue weighted by molar-refractivity contribution is -0.367. The molecule has 150 valence electrons. The third-order valence-electron chi connectivity index (χ3n) is 4.88. The van der Waals surface area contributed by atoms with Crippen LogP contribution in [0.1, 0.15) is 16.1 Å². The van der Waals surface area contributed by atoms with Crippen LogP contribution in [0.3, 0.4) is 0 Å². The van der Waals surface area contributed by atoms with Gasteiger partial charge in [-0.05, 0) is 18.2 Å². The standard InChI is InChI=1S/C20H16F3N3O3/c21-20(22,23)13-5-6-18(24-12-13)25-7-9-26(10-8-25)19(28)17-11-15(27)14-3-1-2-4-16(14)29-17/h1-6,11-12H,7-10H2/p+1. The number of H-pyrrole nitrogens is 1. The largest absolute Gasteiger partial charge is 0.451 e. The highest BCUT2D eigenvalue weighted by atomic mass is 19.4. The summed E-state index contributed by atoms with van der Waals surface area (Å²) >= 11 is 0. The Kier molecular flexibility index (Phi) is 4.73. The zero-order valence-electron chi connectivity index (χ0n) is 15.2. The van der Waals surface area contributed by atoms with E-state index in [2.05, 4.69) is 4.98 Å². The van der Waals surface area contributed by atoms with Crippen LogP contribution in [0.4, 0.5) is 19.0 Å². The van der Waals surface area contributed by atoms with E-state index in [-0.39, 0.29) is 17.1 Å². The number of para-hydroxylation sites is 1. The molecule has 1 N–H and O–H groups in total. The molecule has 6 nitrogen and oxygen atoms in total. The minimum absolute atomic E-state index is 0.0248. The van der Waals surface area contributed by atoms with E-state index in [4.69, 9.17) is 4.42 Å². The van der Waals surface area contributed by atoms with Gasteiger partial charge in [0.25, 0.3) is 11.7 Å². The Labute approximate surface area is 163 Å². The number of hydrogen-bond acceptors (Lipinski definition) is 4. The molecule has 1 aliphatic heterocycles. The number of nitrogens with zero attached hydrogens (tertiary/aromatic N) is 2. The number of carbonyl (C=O) groups is 1. The number of anilines is 1. The van der Waals surface area contributed by atoms with Crippen LogP contribution >= 0.6 is 0 Å². The molecule has 1 saturated heterocycles. The molecule has 1 aromatic carbocycles. The van der Waals surface area contributed by atoms with Crippen LogP contribution in [0.2, 0.25) is 0 Å². The number of benzene rings is 1. The third kappa shape index (κ3) is 3.80. The smallest absolute Gasteiger partial charge is 0.419 e. The summed E-state index contributed by atoms with van der Waals surface area (Å²) in [6.07, 6.45) is -3.47. The Balaban J connectivity index is 1.46. The molecule has 2 aromatic heterocycles. The second kappa shape index (κ2) is 7.23. The molecule has 4 rings (SSSR count). The van der Waals surface area contributed by atoms with Crippen LogP contribution in [-0.4, -0.2) is 37.0 Å². The van der Waals surface area contributed by atoms with E-state index in [9.17, 15) is 22.8 Å². The van der Waals surface area contributed by atoms with E-state index in [1.165, 1.54) is 12.1 Å². The fourth-order valence-corrected chi connectivity index (χ4v) is 3.31. The van der Waals surface area contributed by atoms with E-state index in [0.717, 1.165) is 12.3 Å². The molecule has 9 heteroatoms. The Morgan fingerprint density at radius 2 is 1.76 bits per heavy atom. The number of carbonyl (C=O) groups excluding carboxylic acids is 1. The van der Waals surface area contributed by atoms with Crippen LogP contribution < -0.4 is 15.3 Å². The highest BCUT2D eigenvalue weighted by Gasteiger charge is 2.33. The predicted octanol–water partition coefficient (Wildman–Crippen LogP) is 2.59. The Morgan fingerprint density at radius 1 is 1.03 bits per heavy atom. The summed E-state index contributed by atoms with van der Waals surface area (Å²) in [5, 5.41) is 0.409. The number of nitrogens with one attached hydrogen (secondary N) is 1. The second-order valence-electron chi connectivity index (χ2n) is 6.71. The lowest BCUT2D eigenvalue weighted by Gasteiger charge is -2.30. The Morgan fingerprint density at radius 3 is 2.41 bits per heavy atom. The predicted molar refractivity (Wildman–Crippen MR) is 98.6 cm³/mol. The number of piperazine rings is 1. The molecule has 1 fully saturated rings. The maximum absolute atomic E-state index is 12.7. The molecule has 0 unspecified atom stereocenters. The summed E-state index contributed by atoms with van der Waals surface area (Å²) in [5.74, 6) is 0.134. The molecular weight excluding hydrogens is 387 g/mol. The van der Waals surface area contributed by atoms with Gasteiger partial charge in [0, 0.05) is 12.1 Å². The van der Waals surface area contributed by atoms with E-state index in [1.54, 1.807) is 29.2 Å². The van der Waals surface area contributed by atoms with Crippen LogP contribution in [0.25, 0.3) is 11.0 Å². The lowest BCUT2D eigenvalue weighted by atomic mass is 10.2. The quantitative estimate of drug-likeness (QED) is 0.659. The summed E-state index contributed by atoms with van der Waals surface area (Å²) < 4.78 is 43.6. The molecule has 0 spiro atoms. The molecular formula is C20H17F3N3O3+. The van der Waals surface area contributed by atoms with Gasteiger partial charge in [-0.15, -0.1) is 0 Å². The number of rotatable bonds is 2. The molecule has 1 aliphatic rings. The number of pyridine rings is 1. The van der Waals surface area contributed by atoms with Crippen LogP contribution in [0.5, 0.6) is 0 Å². The first-order valence-corrected chi connectivity index (χ1v) is 8.99. The fourth-order valence-electron chi connectivity index (χ4n) is 3.31. The van der Waals surface area contributed by atoms with Crippen molar-refractivity contribution in [3.63, 3.8) is 0 Å². The minimum atomic E-state index is -4.40. The van der Waals surface area contributed by atoms with Gasteiger partial charge >= 0.3 is 6.18 Å². The molecule has 0 aliphatic carbocycles. The number of alkyl halides is 3. The summed E-state index contributed by atoms with van der Waals surface area (Å²) in [7, 11) is 0. The number of hydrogen-bond donors (Lipinski definition) is 0. The van der Waals surface area contributed by atoms with Gasteiger partial charge in [0.2, 0.25) is 0 Å². The molecule has 29 heavy (non-hydrogen) atoms. The van der Waals surface area contributed by atoms with Crippen LogP contribution in [0, 0.1) is 0 Å². The van der Waals surface area contributed by atoms with Gasteiger partial charge in [0.1, 0.15) is 24.9 Å². The van der Waals surface area contributed by atoms with Gasteiger partial charge in [-0.1, -0.05) is 12.1 Å². The van der Waals surface area contributed by atoms with Crippen molar-refractivity contribution in [1.82, 2.24) is 4.90 Å². The van der Waals surface area contributed by atoms with Gasteiger partial charge < -0.3 is 9.32 Å². The van der Waals surface area contributed by atoms with Crippen molar-refractivity contribution in [2.24, 2.45) is 0 Å². The summed E-state index contributed by atoms with van der Waals surface area (Å²) in [6.45, 7) is 1.57. The minimum Gasteiger partial charge on any atom is -0.451 e. The van der Waals surface area contributed by atoms with Crippen molar-refractivity contribution in [3.8, 4) is 0 Å². The van der Waals surface area contributed by atoms with Gasteiger partial charge in [-0.3, -0.25) is 14.5 Å². The molecule has 0 bridgehead atoms.